The van der Waals surface area contributed by atoms with Crippen molar-refractivity contribution in [2.45, 2.75) is 6.61 Å². The van der Waals surface area contributed by atoms with Gasteiger partial charge < -0.3 is 5.11 Å². The first-order valence-corrected chi connectivity index (χ1v) is 4.38. The number of aromatic amines is 1. The fraction of sp³-hybridized carbons (Fsp3) is 0.111. The van der Waals surface area contributed by atoms with Gasteiger partial charge in [0.2, 0.25) is 0 Å². The van der Waals surface area contributed by atoms with Crippen LogP contribution in [0.4, 0.5) is 0 Å². The van der Waals surface area contributed by atoms with Crippen molar-refractivity contribution in [3.63, 3.8) is 0 Å². The van der Waals surface area contributed by atoms with E-state index < -0.39 is 0 Å². The van der Waals surface area contributed by atoms with Gasteiger partial charge in [0.05, 0.1) is 17.7 Å². The van der Waals surface area contributed by atoms with Crippen LogP contribution in [-0.2, 0) is 6.61 Å². The van der Waals surface area contributed by atoms with E-state index in [1.165, 1.54) is 0 Å². The van der Waals surface area contributed by atoms with Gasteiger partial charge in [-0.1, -0.05) is 17.7 Å². The SMILES string of the molecule is O=c1[nH]nc(CO)c2ccc(Cl)cc12. The zero-order valence-electron chi connectivity index (χ0n) is 7.12. The quantitative estimate of drug-likeness (QED) is 0.740. The maximum absolute atomic E-state index is 11.3. The second kappa shape index (κ2) is 3.40. The van der Waals surface area contributed by atoms with Gasteiger partial charge in [-0.05, 0) is 12.1 Å². The number of aromatic nitrogens is 2. The van der Waals surface area contributed by atoms with Crippen LogP contribution in [0.1, 0.15) is 5.69 Å². The summed E-state index contributed by atoms with van der Waals surface area (Å²) in [5.41, 5.74) is 0.135. The molecule has 0 atom stereocenters. The minimum atomic E-state index is -0.306. The van der Waals surface area contributed by atoms with Crippen molar-refractivity contribution in [3.05, 3.63) is 39.3 Å². The molecule has 0 aliphatic carbocycles. The Labute approximate surface area is 84.1 Å². The summed E-state index contributed by atoms with van der Waals surface area (Å²) in [5, 5.41) is 16.6. The van der Waals surface area contributed by atoms with Crippen molar-refractivity contribution in [1.82, 2.24) is 10.2 Å². The van der Waals surface area contributed by atoms with Gasteiger partial charge in [0, 0.05) is 10.4 Å². The predicted molar refractivity (Wildman–Crippen MR) is 53.3 cm³/mol. The Morgan fingerprint density at radius 1 is 1.43 bits per heavy atom. The number of nitrogens with zero attached hydrogens (tertiary/aromatic N) is 1. The molecule has 0 aliphatic rings. The summed E-state index contributed by atoms with van der Waals surface area (Å²) in [5.74, 6) is 0. The van der Waals surface area contributed by atoms with Crippen molar-refractivity contribution >= 4 is 22.4 Å². The van der Waals surface area contributed by atoms with Crippen molar-refractivity contribution in [2.24, 2.45) is 0 Å². The molecular weight excluding hydrogens is 204 g/mol. The van der Waals surface area contributed by atoms with E-state index in [2.05, 4.69) is 10.2 Å². The number of aliphatic hydroxyl groups excluding tert-OH is 1. The van der Waals surface area contributed by atoms with E-state index in [0.717, 1.165) is 0 Å². The van der Waals surface area contributed by atoms with E-state index in [1.807, 2.05) is 0 Å². The average Bonchev–Trinajstić information content (AvgIpc) is 2.19. The molecule has 1 aromatic carbocycles. The molecule has 0 fully saturated rings. The third-order valence-electron chi connectivity index (χ3n) is 1.98. The van der Waals surface area contributed by atoms with Gasteiger partial charge in [-0.15, -0.1) is 0 Å². The molecule has 4 nitrogen and oxygen atoms in total. The van der Waals surface area contributed by atoms with Crippen LogP contribution in [0, 0.1) is 0 Å². The Bertz CT molecular complexity index is 536. The Hall–Kier alpha value is -1.39. The van der Waals surface area contributed by atoms with Gasteiger partial charge >= 0.3 is 0 Å². The Kier molecular flexibility index (Phi) is 2.23. The third-order valence-corrected chi connectivity index (χ3v) is 2.21. The molecule has 14 heavy (non-hydrogen) atoms. The molecular formula is C9H7ClN2O2. The van der Waals surface area contributed by atoms with Crippen LogP contribution in [0.3, 0.4) is 0 Å². The predicted octanol–water partition coefficient (Wildman–Crippen LogP) is 1.07. The van der Waals surface area contributed by atoms with Crippen LogP contribution < -0.4 is 5.56 Å². The zero-order valence-corrected chi connectivity index (χ0v) is 7.88. The lowest BCUT2D eigenvalue weighted by Crippen LogP contribution is -2.10. The highest BCUT2D eigenvalue weighted by Crippen LogP contribution is 2.17. The Morgan fingerprint density at radius 2 is 2.21 bits per heavy atom. The molecule has 72 valence electrons. The number of fused-ring (bicyclic) bond motifs is 1. The third kappa shape index (κ3) is 1.38. The molecule has 5 heteroatoms. The summed E-state index contributed by atoms with van der Waals surface area (Å²) in [6.45, 7) is -0.213. The van der Waals surface area contributed by atoms with Crippen molar-refractivity contribution in [2.75, 3.05) is 0 Å². The van der Waals surface area contributed by atoms with E-state index in [0.29, 0.717) is 21.5 Å². The molecule has 1 aromatic heterocycles. The van der Waals surface area contributed by atoms with Crippen LogP contribution in [-0.4, -0.2) is 15.3 Å². The fourth-order valence-electron chi connectivity index (χ4n) is 1.32. The zero-order chi connectivity index (χ0) is 10.1. The number of H-pyrrole nitrogens is 1. The lowest BCUT2D eigenvalue weighted by molar-refractivity contribution is 0.277. The lowest BCUT2D eigenvalue weighted by atomic mass is 10.1. The minimum Gasteiger partial charge on any atom is -0.390 e. The highest BCUT2D eigenvalue weighted by atomic mass is 35.5. The first-order chi connectivity index (χ1) is 6.72. The van der Waals surface area contributed by atoms with Crippen molar-refractivity contribution < 1.29 is 5.11 Å². The monoisotopic (exact) mass is 210 g/mol. The molecule has 0 saturated carbocycles. The van der Waals surface area contributed by atoms with E-state index in [1.54, 1.807) is 18.2 Å². The molecule has 0 radical (unpaired) electrons. The maximum atomic E-state index is 11.3. The van der Waals surface area contributed by atoms with Crippen LogP contribution in [0.5, 0.6) is 0 Å². The van der Waals surface area contributed by atoms with E-state index in [-0.39, 0.29) is 12.2 Å². The maximum Gasteiger partial charge on any atom is 0.272 e. The number of benzene rings is 1. The minimum absolute atomic E-state index is 0.213. The second-order valence-corrected chi connectivity index (χ2v) is 3.28. The first kappa shape index (κ1) is 9.18. The number of halogens is 1. The first-order valence-electron chi connectivity index (χ1n) is 4.00. The second-order valence-electron chi connectivity index (χ2n) is 2.85. The average molecular weight is 211 g/mol. The van der Waals surface area contributed by atoms with Gasteiger partial charge in [-0.3, -0.25) is 4.79 Å². The van der Waals surface area contributed by atoms with Crippen LogP contribution in [0.25, 0.3) is 10.8 Å². The standard InChI is InChI=1S/C9H7ClN2O2/c10-5-1-2-6-7(3-5)9(14)12-11-8(6)4-13/h1-3,13H,4H2,(H,12,14). The summed E-state index contributed by atoms with van der Waals surface area (Å²) in [4.78, 5) is 11.3. The van der Waals surface area contributed by atoms with Gasteiger partial charge in [0.15, 0.2) is 0 Å². The topological polar surface area (TPSA) is 66.0 Å². The Balaban J connectivity index is 2.91. The van der Waals surface area contributed by atoms with Gasteiger partial charge in [-0.2, -0.15) is 5.10 Å². The largest absolute Gasteiger partial charge is 0.390 e. The van der Waals surface area contributed by atoms with Crippen molar-refractivity contribution in [1.29, 1.82) is 0 Å². The number of nitrogens with one attached hydrogen (secondary N) is 1. The van der Waals surface area contributed by atoms with Crippen LogP contribution in [0.2, 0.25) is 5.02 Å². The number of aliphatic hydroxyl groups is 1. The molecule has 2 rings (SSSR count). The van der Waals surface area contributed by atoms with Crippen LogP contribution in [0.15, 0.2) is 23.0 Å². The molecule has 0 amide bonds. The van der Waals surface area contributed by atoms with Crippen LogP contribution >= 0.6 is 11.6 Å². The summed E-state index contributed by atoms with van der Waals surface area (Å²) in [7, 11) is 0. The van der Waals surface area contributed by atoms with Gasteiger partial charge in [0.1, 0.15) is 0 Å². The molecule has 0 spiro atoms. The smallest absolute Gasteiger partial charge is 0.272 e. The summed E-state index contributed by atoms with van der Waals surface area (Å²) in [6.07, 6.45) is 0. The molecule has 2 N–H and O–H groups in total. The normalized spacial score (nSPS) is 10.7. The molecule has 0 saturated heterocycles. The van der Waals surface area contributed by atoms with Gasteiger partial charge in [0.25, 0.3) is 5.56 Å². The summed E-state index contributed by atoms with van der Waals surface area (Å²) >= 11 is 5.75. The Morgan fingerprint density at radius 3 is 2.93 bits per heavy atom. The highest BCUT2D eigenvalue weighted by Gasteiger charge is 2.05. The van der Waals surface area contributed by atoms with E-state index >= 15 is 0 Å². The summed E-state index contributed by atoms with van der Waals surface area (Å²) < 4.78 is 0. The lowest BCUT2D eigenvalue weighted by Gasteiger charge is -2.01. The summed E-state index contributed by atoms with van der Waals surface area (Å²) in [6, 6.07) is 4.88. The van der Waals surface area contributed by atoms with E-state index in [9.17, 15) is 4.79 Å². The molecule has 0 aliphatic heterocycles. The molecule has 0 bridgehead atoms. The fourth-order valence-corrected chi connectivity index (χ4v) is 1.49. The van der Waals surface area contributed by atoms with Gasteiger partial charge in [-0.25, -0.2) is 5.10 Å². The number of rotatable bonds is 1. The van der Waals surface area contributed by atoms with E-state index in [4.69, 9.17) is 16.7 Å². The number of hydrogen-bond donors (Lipinski definition) is 2. The molecule has 2 aromatic rings. The molecule has 0 unspecified atom stereocenters. The van der Waals surface area contributed by atoms with Crippen molar-refractivity contribution in [3.8, 4) is 0 Å². The molecule has 1 heterocycles. The number of hydrogen-bond acceptors (Lipinski definition) is 3. The highest BCUT2D eigenvalue weighted by molar-refractivity contribution is 6.31.